The molecule has 1 aromatic carbocycles. The van der Waals surface area contributed by atoms with Gasteiger partial charge in [0.25, 0.3) is 0 Å². The topological polar surface area (TPSA) is 21.3 Å². The number of nitrogens with one attached hydrogen (secondary N) is 1. The maximum atomic E-state index is 5.25. The number of rotatable bonds is 6. The number of hydrogen-bond donors (Lipinski definition) is 1. The Labute approximate surface area is 125 Å². The lowest BCUT2D eigenvalue weighted by molar-refractivity contribution is 0.412. The van der Waals surface area contributed by atoms with E-state index in [-0.39, 0.29) is 0 Å². The fourth-order valence-corrected chi connectivity index (χ4v) is 2.29. The predicted molar refractivity (Wildman–Crippen MR) is 86.6 cm³/mol. The lowest BCUT2D eigenvalue weighted by atomic mass is 10.00. The van der Waals surface area contributed by atoms with Crippen molar-refractivity contribution >= 4 is 22.0 Å². The summed E-state index contributed by atoms with van der Waals surface area (Å²) in [4.78, 5) is 0. The SMILES string of the molecule is COc1ccc(C=C(CNC(C)C)C(C)C)cc1Br. The molecule has 0 heterocycles. The average Bonchev–Trinajstić information content (AvgIpc) is 2.34. The van der Waals surface area contributed by atoms with Gasteiger partial charge in [-0.1, -0.05) is 45.4 Å². The zero-order valence-corrected chi connectivity index (χ0v) is 14.0. The molecule has 1 aromatic rings. The van der Waals surface area contributed by atoms with Gasteiger partial charge in [-0.2, -0.15) is 0 Å². The van der Waals surface area contributed by atoms with Crippen molar-refractivity contribution in [3.63, 3.8) is 0 Å². The molecule has 0 amide bonds. The van der Waals surface area contributed by atoms with E-state index in [1.165, 1.54) is 11.1 Å². The van der Waals surface area contributed by atoms with Crippen LogP contribution in [0.25, 0.3) is 6.08 Å². The van der Waals surface area contributed by atoms with Gasteiger partial charge in [0.05, 0.1) is 11.6 Å². The molecule has 19 heavy (non-hydrogen) atoms. The average molecular weight is 326 g/mol. The lowest BCUT2D eigenvalue weighted by Crippen LogP contribution is -2.26. The molecule has 0 unspecified atom stereocenters. The molecule has 0 bridgehead atoms. The molecule has 1 rings (SSSR count). The highest BCUT2D eigenvalue weighted by atomic mass is 79.9. The standard InChI is InChI=1S/C16H24BrNO/c1-11(2)14(10-18-12(3)4)8-13-6-7-16(19-5)15(17)9-13/h6-9,11-12,18H,10H2,1-5H3. The zero-order chi connectivity index (χ0) is 14.4. The summed E-state index contributed by atoms with van der Waals surface area (Å²) in [7, 11) is 1.68. The van der Waals surface area contributed by atoms with Gasteiger partial charge in [-0.3, -0.25) is 0 Å². The summed E-state index contributed by atoms with van der Waals surface area (Å²) < 4.78 is 6.24. The number of ether oxygens (including phenoxy) is 1. The second-order valence-electron chi connectivity index (χ2n) is 5.30. The molecule has 106 valence electrons. The van der Waals surface area contributed by atoms with Crippen molar-refractivity contribution in [2.45, 2.75) is 33.7 Å². The third-order valence-corrected chi connectivity index (χ3v) is 3.60. The molecule has 0 spiro atoms. The first-order valence-electron chi connectivity index (χ1n) is 6.71. The van der Waals surface area contributed by atoms with E-state index in [0.717, 1.165) is 16.8 Å². The largest absolute Gasteiger partial charge is 0.496 e. The van der Waals surface area contributed by atoms with Crippen molar-refractivity contribution in [1.29, 1.82) is 0 Å². The summed E-state index contributed by atoms with van der Waals surface area (Å²) in [5.41, 5.74) is 2.60. The van der Waals surface area contributed by atoms with Crippen LogP contribution in [0.4, 0.5) is 0 Å². The van der Waals surface area contributed by atoms with Gasteiger partial charge in [0.15, 0.2) is 0 Å². The Hall–Kier alpha value is -0.800. The van der Waals surface area contributed by atoms with Crippen molar-refractivity contribution in [1.82, 2.24) is 5.32 Å². The molecule has 0 aromatic heterocycles. The molecule has 1 N–H and O–H groups in total. The van der Waals surface area contributed by atoms with Gasteiger partial charge in [-0.15, -0.1) is 0 Å². The highest BCUT2D eigenvalue weighted by Crippen LogP contribution is 2.27. The van der Waals surface area contributed by atoms with E-state index >= 15 is 0 Å². The van der Waals surface area contributed by atoms with E-state index in [1.54, 1.807) is 7.11 Å². The van der Waals surface area contributed by atoms with Gasteiger partial charge >= 0.3 is 0 Å². The fourth-order valence-electron chi connectivity index (χ4n) is 1.73. The first-order valence-corrected chi connectivity index (χ1v) is 7.50. The van der Waals surface area contributed by atoms with Crippen LogP contribution in [0.3, 0.4) is 0 Å². The smallest absolute Gasteiger partial charge is 0.133 e. The fraction of sp³-hybridized carbons (Fsp3) is 0.500. The first-order chi connectivity index (χ1) is 8.93. The third-order valence-electron chi connectivity index (χ3n) is 2.98. The van der Waals surface area contributed by atoms with Gasteiger partial charge in [0.1, 0.15) is 5.75 Å². The Balaban J connectivity index is 2.92. The molecule has 3 heteroatoms. The molecule has 0 saturated carbocycles. The summed E-state index contributed by atoms with van der Waals surface area (Å²) in [6.45, 7) is 9.72. The number of methoxy groups -OCH3 is 1. The maximum absolute atomic E-state index is 5.25. The molecular formula is C16H24BrNO. The molecule has 2 nitrogen and oxygen atoms in total. The minimum absolute atomic E-state index is 0.504. The Kier molecular flexibility index (Phi) is 6.59. The van der Waals surface area contributed by atoms with E-state index < -0.39 is 0 Å². The van der Waals surface area contributed by atoms with E-state index in [4.69, 9.17) is 4.74 Å². The van der Waals surface area contributed by atoms with Crippen LogP contribution < -0.4 is 10.1 Å². The Bertz CT molecular complexity index is 438. The highest BCUT2D eigenvalue weighted by molar-refractivity contribution is 9.10. The van der Waals surface area contributed by atoms with Gasteiger partial charge in [0.2, 0.25) is 0 Å². The van der Waals surface area contributed by atoms with Crippen LogP contribution in [0.15, 0.2) is 28.2 Å². The minimum Gasteiger partial charge on any atom is -0.496 e. The van der Waals surface area contributed by atoms with Crippen LogP contribution in [0.5, 0.6) is 5.75 Å². The van der Waals surface area contributed by atoms with Crippen LogP contribution in [0.2, 0.25) is 0 Å². The molecule has 0 fully saturated rings. The Morgan fingerprint density at radius 1 is 1.32 bits per heavy atom. The van der Waals surface area contributed by atoms with Gasteiger partial charge < -0.3 is 10.1 Å². The van der Waals surface area contributed by atoms with Crippen LogP contribution in [-0.2, 0) is 0 Å². The van der Waals surface area contributed by atoms with Crippen LogP contribution in [0, 0.1) is 5.92 Å². The van der Waals surface area contributed by atoms with Gasteiger partial charge in [0, 0.05) is 12.6 Å². The van der Waals surface area contributed by atoms with Crippen molar-refractivity contribution in [3.8, 4) is 5.75 Å². The minimum atomic E-state index is 0.504. The monoisotopic (exact) mass is 325 g/mol. The molecule has 0 saturated heterocycles. The van der Waals surface area contributed by atoms with E-state index in [0.29, 0.717) is 12.0 Å². The third kappa shape index (κ3) is 5.37. The van der Waals surface area contributed by atoms with E-state index in [2.05, 4.69) is 67.2 Å². The van der Waals surface area contributed by atoms with Crippen molar-refractivity contribution in [2.75, 3.05) is 13.7 Å². The second-order valence-corrected chi connectivity index (χ2v) is 6.16. The number of benzene rings is 1. The summed E-state index contributed by atoms with van der Waals surface area (Å²) in [6.07, 6.45) is 2.25. The predicted octanol–water partition coefficient (Wildman–Crippen LogP) is 4.50. The van der Waals surface area contributed by atoms with Crippen LogP contribution >= 0.6 is 15.9 Å². The summed E-state index contributed by atoms with van der Waals surface area (Å²) in [6, 6.07) is 6.67. The Morgan fingerprint density at radius 3 is 2.47 bits per heavy atom. The summed E-state index contributed by atoms with van der Waals surface area (Å²) >= 11 is 3.53. The summed E-state index contributed by atoms with van der Waals surface area (Å²) in [5, 5.41) is 3.48. The summed E-state index contributed by atoms with van der Waals surface area (Å²) in [5.74, 6) is 1.40. The van der Waals surface area contributed by atoms with Crippen molar-refractivity contribution in [2.24, 2.45) is 5.92 Å². The van der Waals surface area contributed by atoms with Crippen molar-refractivity contribution < 1.29 is 4.74 Å². The van der Waals surface area contributed by atoms with Crippen molar-refractivity contribution in [3.05, 3.63) is 33.8 Å². The molecular weight excluding hydrogens is 302 g/mol. The Morgan fingerprint density at radius 2 is 2.00 bits per heavy atom. The first kappa shape index (κ1) is 16.3. The van der Waals surface area contributed by atoms with Gasteiger partial charge in [-0.25, -0.2) is 0 Å². The molecule has 0 radical (unpaired) electrons. The highest BCUT2D eigenvalue weighted by Gasteiger charge is 2.06. The lowest BCUT2D eigenvalue weighted by Gasteiger charge is -2.15. The number of halogens is 1. The second kappa shape index (κ2) is 7.71. The number of hydrogen-bond acceptors (Lipinski definition) is 2. The van der Waals surface area contributed by atoms with Crippen LogP contribution in [-0.4, -0.2) is 19.7 Å². The zero-order valence-electron chi connectivity index (χ0n) is 12.5. The molecule has 0 aliphatic heterocycles. The van der Waals surface area contributed by atoms with Crippen LogP contribution in [0.1, 0.15) is 33.3 Å². The normalized spacial score (nSPS) is 12.3. The van der Waals surface area contributed by atoms with E-state index in [1.807, 2.05) is 6.07 Å². The quantitative estimate of drug-likeness (QED) is 0.831. The van der Waals surface area contributed by atoms with E-state index in [9.17, 15) is 0 Å². The van der Waals surface area contributed by atoms with Gasteiger partial charge in [-0.05, 0) is 39.5 Å². The maximum Gasteiger partial charge on any atom is 0.133 e. The molecule has 0 atom stereocenters. The molecule has 0 aliphatic rings. The molecule has 0 aliphatic carbocycles.